The molecule has 0 fully saturated rings. The average molecular weight is 386 g/mol. The first-order chi connectivity index (χ1) is 14.0. The van der Waals surface area contributed by atoms with Crippen molar-refractivity contribution in [2.24, 2.45) is 0 Å². The summed E-state index contributed by atoms with van der Waals surface area (Å²) in [6.45, 7) is 6.61. The van der Waals surface area contributed by atoms with Crippen LogP contribution in [0.4, 0.5) is 5.69 Å². The number of oxazole rings is 1. The van der Waals surface area contributed by atoms with Gasteiger partial charge in [-0.05, 0) is 74.9 Å². The van der Waals surface area contributed by atoms with Crippen molar-refractivity contribution in [2.75, 3.05) is 11.9 Å². The number of hydrogen-bond donors (Lipinski definition) is 1. The summed E-state index contributed by atoms with van der Waals surface area (Å²) in [6.07, 6.45) is 0. The SMILES string of the molecule is CCOc1ccc(C(=O)Nc2ccc3oc(-c4ccc(C)cc4C)nc3c2)cc1. The molecule has 29 heavy (non-hydrogen) atoms. The number of nitrogens with one attached hydrogen (secondary N) is 1. The molecule has 0 aliphatic heterocycles. The number of rotatable bonds is 5. The molecule has 0 spiro atoms. The molecule has 0 atom stereocenters. The molecule has 5 nitrogen and oxygen atoms in total. The highest BCUT2D eigenvalue weighted by Gasteiger charge is 2.12. The smallest absolute Gasteiger partial charge is 0.255 e. The lowest BCUT2D eigenvalue weighted by molar-refractivity contribution is 0.102. The fourth-order valence-corrected chi connectivity index (χ4v) is 3.25. The van der Waals surface area contributed by atoms with E-state index in [0.717, 1.165) is 16.9 Å². The van der Waals surface area contributed by atoms with Crippen LogP contribution >= 0.6 is 0 Å². The summed E-state index contributed by atoms with van der Waals surface area (Å²) < 4.78 is 11.3. The Kier molecular flexibility index (Phi) is 5.04. The predicted molar refractivity (Wildman–Crippen MR) is 114 cm³/mol. The molecule has 0 bridgehead atoms. The molecular formula is C24H22N2O3. The van der Waals surface area contributed by atoms with Crippen molar-refractivity contribution in [1.29, 1.82) is 0 Å². The molecular weight excluding hydrogens is 364 g/mol. The van der Waals surface area contributed by atoms with Crippen LogP contribution in [-0.2, 0) is 0 Å². The van der Waals surface area contributed by atoms with Gasteiger partial charge in [0.1, 0.15) is 11.3 Å². The lowest BCUT2D eigenvalue weighted by Crippen LogP contribution is -2.11. The van der Waals surface area contributed by atoms with Gasteiger partial charge in [0, 0.05) is 16.8 Å². The number of carbonyl (C=O) groups excluding carboxylic acids is 1. The Balaban J connectivity index is 1.56. The lowest BCUT2D eigenvalue weighted by Gasteiger charge is -2.06. The molecule has 1 aromatic heterocycles. The van der Waals surface area contributed by atoms with Gasteiger partial charge >= 0.3 is 0 Å². The molecule has 0 saturated heterocycles. The summed E-state index contributed by atoms with van der Waals surface area (Å²) in [7, 11) is 0. The van der Waals surface area contributed by atoms with E-state index in [0.29, 0.717) is 34.8 Å². The normalized spacial score (nSPS) is 10.9. The number of fused-ring (bicyclic) bond motifs is 1. The summed E-state index contributed by atoms with van der Waals surface area (Å²) in [5.74, 6) is 1.13. The van der Waals surface area contributed by atoms with E-state index in [2.05, 4.69) is 23.3 Å². The number of nitrogens with zero attached hydrogens (tertiary/aromatic N) is 1. The highest BCUT2D eigenvalue weighted by atomic mass is 16.5. The Morgan fingerprint density at radius 2 is 1.83 bits per heavy atom. The first-order valence-electron chi connectivity index (χ1n) is 9.56. The second-order valence-electron chi connectivity index (χ2n) is 6.93. The van der Waals surface area contributed by atoms with Gasteiger partial charge in [-0.15, -0.1) is 0 Å². The molecule has 5 heteroatoms. The highest BCUT2D eigenvalue weighted by Crippen LogP contribution is 2.29. The minimum absolute atomic E-state index is 0.189. The Morgan fingerprint density at radius 1 is 1.03 bits per heavy atom. The van der Waals surface area contributed by atoms with Gasteiger partial charge in [-0.3, -0.25) is 4.79 Å². The highest BCUT2D eigenvalue weighted by molar-refractivity contribution is 6.05. The molecule has 4 rings (SSSR count). The lowest BCUT2D eigenvalue weighted by atomic mass is 10.1. The summed E-state index contributed by atoms with van der Waals surface area (Å²) in [4.78, 5) is 17.1. The number of aryl methyl sites for hydroxylation is 2. The van der Waals surface area contributed by atoms with Gasteiger partial charge in [-0.1, -0.05) is 17.7 Å². The first-order valence-corrected chi connectivity index (χ1v) is 9.56. The van der Waals surface area contributed by atoms with Crippen LogP contribution in [0.15, 0.2) is 65.1 Å². The largest absolute Gasteiger partial charge is 0.494 e. The minimum atomic E-state index is -0.189. The number of amides is 1. The maximum atomic E-state index is 12.5. The van der Waals surface area contributed by atoms with E-state index in [1.54, 1.807) is 24.3 Å². The van der Waals surface area contributed by atoms with Gasteiger partial charge in [0.2, 0.25) is 5.89 Å². The zero-order chi connectivity index (χ0) is 20.4. The third-order valence-corrected chi connectivity index (χ3v) is 4.69. The second kappa shape index (κ2) is 7.80. The first kappa shape index (κ1) is 18.7. The summed E-state index contributed by atoms with van der Waals surface area (Å²) in [5.41, 5.74) is 5.87. The number of hydrogen-bond acceptors (Lipinski definition) is 4. The van der Waals surface area contributed by atoms with Crippen LogP contribution in [0.1, 0.15) is 28.4 Å². The van der Waals surface area contributed by atoms with Crippen LogP contribution in [0.2, 0.25) is 0 Å². The van der Waals surface area contributed by atoms with Crippen LogP contribution in [-0.4, -0.2) is 17.5 Å². The van der Waals surface area contributed by atoms with Crippen LogP contribution in [0.3, 0.4) is 0 Å². The number of aromatic nitrogens is 1. The van der Waals surface area contributed by atoms with Crippen molar-refractivity contribution in [3.05, 3.63) is 77.4 Å². The van der Waals surface area contributed by atoms with Gasteiger partial charge in [0.05, 0.1) is 6.61 Å². The standard InChI is InChI=1S/C24H22N2O3/c1-4-28-19-9-6-17(7-10-19)23(27)25-18-8-12-22-21(14-18)26-24(29-22)20-11-5-15(2)13-16(20)3/h5-14H,4H2,1-3H3,(H,25,27). The molecule has 1 amide bonds. The summed E-state index contributed by atoms with van der Waals surface area (Å²) in [6, 6.07) is 18.7. The topological polar surface area (TPSA) is 64.4 Å². The van der Waals surface area contributed by atoms with Crippen LogP contribution < -0.4 is 10.1 Å². The Labute approximate surface area is 169 Å². The molecule has 0 radical (unpaired) electrons. The van der Waals surface area contributed by atoms with Crippen LogP contribution in [0.25, 0.3) is 22.6 Å². The maximum absolute atomic E-state index is 12.5. The van der Waals surface area contributed by atoms with Gasteiger partial charge in [0.15, 0.2) is 5.58 Å². The van der Waals surface area contributed by atoms with E-state index < -0.39 is 0 Å². The number of benzene rings is 3. The minimum Gasteiger partial charge on any atom is -0.494 e. The number of ether oxygens (including phenoxy) is 1. The van der Waals surface area contributed by atoms with E-state index in [1.165, 1.54) is 5.56 Å². The molecule has 3 aromatic carbocycles. The zero-order valence-electron chi connectivity index (χ0n) is 16.7. The third kappa shape index (κ3) is 3.99. The van der Waals surface area contributed by atoms with Crippen molar-refractivity contribution in [3.8, 4) is 17.2 Å². The number of anilines is 1. The summed E-state index contributed by atoms with van der Waals surface area (Å²) >= 11 is 0. The van der Waals surface area contributed by atoms with E-state index in [9.17, 15) is 4.79 Å². The predicted octanol–water partition coefficient (Wildman–Crippen LogP) is 5.76. The molecule has 0 aliphatic carbocycles. The van der Waals surface area contributed by atoms with Gasteiger partial charge < -0.3 is 14.5 Å². The zero-order valence-corrected chi connectivity index (χ0v) is 16.7. The molecule has 0 aliphatic rings. The quantitative estimate of drug-likeness (QED) is 0.473. The summed E-state index contributed by atoms with van der Waals surface area (Å²) in [5, 5.41) is 2.91. The van der Waals surface area contributed by atoms with Crippen molar-refractivity contribution < 1.29 is 13.9 Å². The maximum Gasteiger partial charge on any atom is 0.255 e. The molecule has 4 aromatic rings. The van der Waals surface area contributed by atoms with Crippen molar-refractivity contribution in [2.45, 2.75) is 20.8 Å². The molecule has 146 valence electrons. The van der Waals surface area contributed by atoms with Crippen LogP contribution in [0, 0.1) is 13.8 Å². The van der Waals surface area contributed by atoms with E-state index in [1.807, 2.05) is 44.2 Å². The fraction of sp³-hybridized carbons (Fsp3) is 0.167. The molecule has 0 unspecified atom stereocenters. The second-order valence-corrected chi connectivity index (χ2v) is 6.93. The van der Waals surface area contributed by atoms with Crippen molar-refractivity contribution >= 4 is 22.7 Å². The fourth-order valence-electron chi connectivity index (χ4n) is 3.25. The number of carbonyl (C=O) groups is 1. The Bertz CT molecular complexity index is 1180. The third-order valence-electron chi connectivity index (χ3n) is 4.69. The van der Waals surface area contributed by atoms with E-state index >= 15 is 0 Å². The molecule has 0 saturated carbocycles. The Hall–Kier alpha value is -3.60. The van der Waals surface area contributed by atoms with E-state index in [4.69, 9.17) is 9.15 Å². The Morgan fingerprint density at radius 3 is 2.55 bits per heavy atom. The monoisotopic (exact) mass is 386 g/mol. The van der Waals surface area contributed by atoms with Crippen molar-refractivity contribution in [1.82, 2.24) is 4.98 Å². The van der Waals surface area contributed by atoms with E-state index in [-0.39, 0.29) is 5.91 Å². The average Bonchev–Trinajstić information content (AvgIpc) is 3.11. The molecule has 1 N–H and O–H groups in total. The molecule has 1 heterocycles. The van der Waals surface area contributed by atoms with Gasteiger partial charge in [-0.25, -0.2) is 4.98 Å². The van der Waals surface area contributed by atoms with Crippen molar-refractivity contribution in [3.63, 3.8) is 0 Å². The van der Waals surface area contributed by atoms with Gasteiger partial charge in [0.25, 0.3) is 5.91 Å². The van der Waals surface area contributed by atoms with Gasteiger partial charge in [-0.2, -0.15) is 0 Å². The van der Waals surface area contributed by atoms with Crippen LogP contribution in [0.5, 0.6) is 5.75 Å².